The summed E-state index contributed by atoms with van der Waals surface area (Å²) in [6.45, 7) is 4.21. The van der Waals surface area contributed by atoms with Gasteiger partial charge >= 0.3 is 0 Å². The van der Waals surface area contributed by atoms with E-state index in [1.165, 1.54) is 6.07 Å². The van der Waals surface area contributed by atoms with Gasteiger partial charge < -0.3 is 10.8 Å². The summed E-state index contributed by atoms with van der Waals surface area (Å²) < 4.78 is 13.8. The van der Waals surface area contributed by atoms with Crippen molar-refractivity contribution in [2.24, 2.45) is 17.1 Å². The Morgan fingerprint density at radius 2 is 2.12 bits per heavy atom. The molecule has 1 aromatic carbocycles. The minimum Gasteiger partial charge on any atom is -0.396 e. The molecule has 1 rings (SSSR count). The second kappa shape index (κ2) is 5.80. The fraction of sp³-hybridized carbons (Fsp3) is 0.538. The normalized spacial score (nSPS) is 15.0. The number of rotatable bonds is 5. The first kappa shape index (κ1) is 14.4. The van der Waals surface area contributed by atoms with E-state index in [9.17, 15) is 9.50 Å². The molecule has 0 spiro atoms. The van der Waals surface area contributed by atoms with Gasteiger partial charge in [0.2, 0.25) is 0 Å². The zero-order valence-electron chi connectivity index (χ0n) is 10.2. The predicted octanol–water partition coefficient (Wildman–Crippen LogP) is 2.62. The third-order valence-electron chi connectivity index (χ3n) is 3.52. The molecule has 0 bridgehead atoms. The summed E-state index contributed by atoms with van der Waals surface area (Å²) in [7, 11) is 0. The van der Waals surface area contributed by atoms with E-state index >= 15 is 0 Å². The van der Waals surface area contributed by atoms with E-state index in [0.29, 0.717) is 18.5 Å². The molecule has 1 unspecified atom stereocenters. The van der Waals surface area contributed by atoms with Gasteiger partial charge in [-0.25, -0.2) is 4.39 Å². The summed E-state index contributed by atoms with van der Waals surface area (Å²) in [5.41, 5.74) is 5.75. The molecule has 0 aliphatic carbocycles. The van der Waals surface area contributed by atoms with Crippen LogP contribution in [0.4, 0.5) is 4.39 Å². The molecule has 0 saturated carbocycles. The topological polar surface area (TPSA) is 46.2 Å². The lowest BCUT2D eigenvalue weighted by Crippen LogP contribution is -2.41. The molecule has 1 aromatic rings. The van der Waals surface area contributed by atoms with Crippen molar-refractivity contribution < 1.29 is 9.50 Å². The maximum absolute atomic E-state index is 13.8. The van der Waals surface area contributed by atoms with Crippen LogP contribution in [0.2, 0.25) is 5.02 Å². The monoisotopic (exact) mass is 259 g/mol. The van der Waals surface area contributed by atoms with E-state index in [0.717, 1.165) is 0 Å². The first-order valence-electron chi connectivity index (χ1n) is 5.70. The van der Waals surface area contributed by atoms with E-state index < -0.39 is 11.2 Å². The summed E-state index contributed by atoms with van der Waals surface area (Å²) in [6.07, 6.45) is 0.393. The molecule has 1 atom stereocenters. The van der Waals surface area contributed by atoms with Crippen LogP contribution in [0.5, 0.6) is 0 Å². The quantitative estimate of drug-likeness (QED) is 0.854. The Hall–Kier alpha value is -0.640. The lowest BCUT2D eigenvalue weighted by molar-refractivity contribution is 0.0834. The molecule has 0 amide bonds. The van der Waals surface area contributed by atoms with Crippen molar-refractivity contribution in [1.82, 2.24) is 0 Å². The molecule has 0 fully saturated rings. The Morgan fingerprint density at radius 3 is 2.59 bits per heavy atom. The predicted molar refractivity (Wildman–Crippen MR) is 68.5 cm³/mol. The smallest absolute Gasteiger partial charge is 0.144 e. The molecule has 0 aliphatic rings. The van der Waals surface area contributed by atoms with E-state index in [-0.39, 0.29) is 17.5 Å². The molecule has 3 N–H and O–H groups in total. The highest BCUT2D eigenvalue weighted by Gasteiger charge is 2.33. The highest BCUT2D eigenvalue weighted by Crippen LogP contribution is 2.32. The van der Waals surface area contributed by atoms with Crippen molar-refractivity contribution in [3.05, 3.63) is 34.6 Å². The Morgan fingerprint density at radius 1 is 1.47 bits per heavy atom. The molecular formula is C13H19ClFNO. The van der Waals surface area contributed by atoms with Gasteiger partial charge in [-0.3, -0.25) is 0 Å². The molecule has 4 heteroatoms. The van der Waals surface area contributed by atoms with Crippen molar-refractivity contribution in [2.45, 2.75) is 20.3 Å². The van der Waals surface area contributed by atoms with Crippen LogP contribution in [0.25, 0.3) is 0 Å². The van der Waals surface area contributed by atoms with Crippen LogP contribution in [-0.2, 0) is 6.42 Å². The number of aliphatic hydroxyl groups is 1. The highest BCUT2D eigenvalue weighted by molar-refractivity contribution is 6.30. The fourth-order valence-corrected chi connectivity index (χ4v) is 2.07. The molecule has 0 radical (unpaired) electrons. The number of hydrogen-bond donors (Lipinski definition) is 2. The Bertz CT molecular complexity index is 378. The summed E-state index contributed by atoms with van der Waals surface area (Å²) in [6, 6.07) is 4.90. The maximum atomic E-state index is 13.8. The number of hydrogen-bond acceptors (Lipinski definition) is 2. The number of aliphatic hydroxyl groups excluding tert-OH is 1. The lowest BCUT2D eigenvalue weighted by Gasteiger charge is -2.35. The number of nitrogens with two attached hydrogens (primary N) is 1. The van der Waals surface area contributed by atoms with E-state index in [1.807, 2.05) is 13.8 Å². The summed E-state index contributed by atoms with van der Waals surface area (Å²) in [4.78, 5) is 0. The molecular weight excluding hydrogens is 241 g/mol. The minimum atomic E-state index is -0.495. The zero-order valence-corrected chi connectivity index (χ0v) is 11.0. The summed E-state index contributed by atoms with van der Waals surface area (Å²) in [5, 5.41) is 9.64. The summed E-state index contributed by atoms with van der Waals surface area (Å²) in [5.74, 6) is -0.253. The first-order chi connectivity index (χ1) is 7.96. The van der Waals surface area contributed by atoms with Crippen LogP contribution >= 0.6 is 11.6 Å². The van der Waals surface area contributed by atoms with Gasteiger partial charge in [-0.05, 0) is 24.0 Å². The number of benzene rings is 1. The maximum Gasteiger partial charge on any atom is 0.144 e. The SMILES string of the molecule is CC(C)C(CN)(CO)Cc1cccc(Cl)c1F. The molecule has 0 aromatic heterocycles. The van der Waals surface area contributed by atoms with Crippen LogP contribution in [-0.4, -0.2) is 18.3 Å². The second-order valence-corrected chi connectivity index (χ2v) is 5.18. The largest absolute Gasteiger partial charge is 0.396 e. The Kier molecular flexibility index (Phi) is 4.92. The van der Waals surface area contributed by atoms with E-state index in [2.05, 4.69) is 0 Å². The van der Waals surface area contributed by atoms with Gasteiger partial charge in [0.15, 0.2) is 0 Å². The second-order valence-electron chi connectivity index (χ2n) is 4.77. The average molecular weight is 260 g/mol. The molecule has 96 valence electrons. The van der Waals surface area contributed by atoms with Crippen LogP contribution in [0, 0.1) is 17.2 Å². The van der Waals surface area contributed by atoms with Crippen molar-refractivity contribution in [3.8, 4) is 0 Å². The molecule has 2 nitrogen and oxygen atoms in total. The molecule has 0 aliphatic heterocycles. The van der Waals surface area contributed by atoms with Gasteiger partial charge in [0, 0.05) is 12.0 Å². The van der Waals surface area contributed by atoms with Gasteiger partial charge in [-0.15, -0.1) is 0 Å². The van der Waals surface area contributed by atoms with E-state index in [4.69, 9.17) is 17.3 Å². The highest BCUT2D eigenvalue weighted by atomic mass is 35.5. The van der Waals surface area contributed by atoms with Crippen LogP contribution in [0.3, 0.4) is 0 Å². The number of halogens is 2. The Balaban J connectivity index is 3.06. The van der Waals surface area contributed by atoms with Gasteiger partial charge in [-0.2, -0.15) is 0 Å². The van der Waals surface area contributed by atoms with E-state index in [1.54, 1.807) is 12.1 Å². The van der Waals surface area contributed by atoms with Gasteiger partial charge in [0.1, 0.15) is 5.82 Å². The minimum absolute atomic E-state index is 0.0624. The van der Waals surface area contributed by atoms with Gasteiger partial charge in [-0.1, -0.05) is 37.6 Å². The molecule has 0 saturated heterocycles. The van der Waals surface area contributed by atoms with Crippen molar-refractivity contribution in [1.29, 1.82) is 0 Å². The fourth-order valence-electron chi connectivity index (χ4n) is 1.88. The third kappa shape index (κ3) is 2.97. The van der Waals surface area contributed by atoms with Crippen molar-refractivity contribution in [2.75, 3.05) is 13.2 Å². The first-order valence-corrected chi connectivity index (χ1v) is 6.08. The standard InChI is InChI=1S/C13H19ClFNO/c1-9(2)13(7-16,8-17)6-10-4-3-5-11(14)12(10)15/h3-5,9,17H,6-8,16H2,1-2H3. The third-order valence-corrected chi connectivity index (χ3v) is 3.81. The molecule has 0 heterocycles. The van der Waals surface area contributed by atoms with Gasteiger partial charge in [0.25, 0.3) is 0 Å². The van der Waals surface area contributed by atoms with Crippen LogP contribution < -0.4 is 5.73 Å². The van der Waals surface area contributed by atoms with Crippen molar-refractivity contribution in [3.63, 3.8) is 0 Å². The average Bonchev–Trinajstić information content (AvgIpc) is 2.31. The van der Waals surface area contributed by atoms with Crippen LogP contribution in [0.15, 0.2) is 18.2 Å². The van der Waals surface area contributed by atoms with Crippen molar-refractivity contribution >= 4 is 11.6 Å². The molecule has 17 heavy (non-hydrogen) atoms. The zero-order chi connectivity index (χ0) is 13.1. The summed E-state index contributed by atoms with van der Waals surface area (Å²) >= 11 is 5.74. The van der Waals surface area contributed by atoms with Crippen LogP contribution in [0.1, 0.15) is 19.4 Å². The Labute approximate surface area is 107 Å². The van der Waals surface area contributed by atoms with Gasteiger partial charge in [0.05, 0.1) is 11.6 Å². The lowest BCUT2D eigenvalue weighted by atomic mass is 9.73.